The van der Waals surface area contributed by atoms with Crippen LogP contribution in [-0.2, 0) is 9.59 Å². The minimum Gasteiger partial charge on any atom is -0.494 e. The van der Waals surface area contributed by atoms with Gasteiger partial charge in [0.05, 0.1) is 11.1 Å². The van der Waals surface area contributed by atoms with Gasteiger partial charge in [-0.3, -0.25) is 25.8 Å². The number of halogens is 1. The molecule has 2 rings (SSSR count). The average molecular weight is 492 g/mol. The van der Waals surface area contributed by atoms with Crippen molar-refractivity contribution in [3.8, 4) is 11.5 Å². The number of thiocarbonyl (C=S) groups is 1. The van der Waals surface area contributed by atoms with Crippen LogP contribution < -0.4 is 25.6 Å². The summed E-state index contributed by atoms with van der Waals surface area (Å²) in [6.45, 7) is 4.23. The van der Waals surface area contributed by atoms with Gasteiger partial charge in [0.25, 0.3) is 5.91 Å². The van der Waals surface area contributed by atoms with E-state index in [0.717, 1.165) is 21.3 Å². The second-order valence-electron chi connectivity index (χ2n) is 6.05. The summed E-state index contributed by atoms with van der Waals surface area (Å²) in [4.78, 5) is 23.8. The topological polar surface area (TPSA) is 88.7 Å². The van der Waals surface area contributed by atoms with Crippen LogP contribution in [0.25, 0.3) is 6.08 Å². The van der Waals surface area contributed by atoms with Crippen LogP contribution in [0.1, 0.15) is 18.1 Å². The van der Waals surface area contributed by atoms with E-state index in [9.17, 15) is 9.59 Å². The number of hydrogen-bond donors (Lipinski definition) is 3. The summed E-state index contributed by atoms with van der Waals surface area (Å²) in [5, 5.41) is 2.39. The van der Waals surface area contributed by atoms with Crippen molar-refractivity contribution >= 4 is 51.2 Å². The highest BCUT2D eigenvalue weighted by Gasteiger charge is 2.07. The van der Waals surface area contributed by atoms with Gasteiger partial charge in [-0.15, -0.1) is 0 Å². The molecule has 30 heavy (non-hydrogen) atoms. The molecule has 3 N–H and O–H groups in total. The zero-order valence-corrected chi connectivity index (χ0v) is 18.9. The average Bonchev–Trinajstić information content (AvgIpc) is 2.71. The first-order chi connectivity index (χ1) is 14.4. The minimum absolute atomic E-state index is 0.0405. The molecule has 0 aromatic heterocycles. The fourth-order valence-corrected chi connectivity index (χ4v) is 2.99. The lowest BCUT2D eigenvalue weighted by atomic mass is 10.2. The number of benzene rings is 2. The zero-order valence-electron chi connectivity index (χ0n) is 16.5. The van der Waals surface area contributed by atoms with Gasteiger partial charge in [0.1, 0.15) is 11.5 Å². The molecule has 9 heteroatoms. The van der Waals surface area contributed by atoms with Gasteiger partial charge in [-0.2, -0.15) is 0 Å². The Bertz CT molecular complexity index is 932. The summed E-state index contributed by atoms with van der Waals surface area (Å²) in [7, 11) is 0. The van der Waals surface area contributed by atoms with Crippen LogP contribution in [-0.4, -0.2) is 30.1 Å². The first kappa shape index (κ1) is 23.4. The molecule has 0 atom stereocenters. The van der Waals surface area contributed by atoms with Crippen molar-refractivity contribution in [1.29, 1.82) is 0 Å². The van der Waals surface area contributed by atoms with Gasteiger partial charge in [0, 0.05) is 6.08 Å². The van der Waals surface area contributed by atoms with E-state index < -0.39 is 11.8 Å². The third-order valence-corrected chi connectivity index (χ3v) is 4.44. The molecule has 0 saturated heterocycles. The molecule has 0 aliphatic rings. The molecule has 0 radical (unpaired) electrons. The summed E-state index contributed by atoms with van der Waals surface area (Å²) >= 11 is 8.36. The lowest BCUT2D eigenvalue weighted by Gasteiger charge is -2.11. The van der Waals surface area contributed by atoms with E-state index >= 15 is 0 Å². The molecule has 0 fully saturated rings. The summed E-state index contributed by atoms with van der Waals surface area (Å²) in [5.74, 6) is 0.421. The van der Waals surface area contributed by atoms with Crippen LogP contribution in [0.4, 0.5) is 0 Å². The van der Waals surface area contributed by atoms with E-state index in [1.165, 1.54) is 6.08 Å². The van der Waals surface area contributed by atoms with E-state index in [-0.39, 0.29) is 11.7 Å². The lowest BCUT2D eigenvalue weighted by Crippen LogP contribution is -2.49. The van der Waals surface area contributed by atoms with Crippen LogP contribution in [0.5, 0.6) is 11.5 Å². The molecule has 0 spiro atoms. The minimum atomic E-state index is -0.455. The molecule has 0 heterocycles. The number of hydrazine groups is 1. The highest BCUT2D eigenvalue weighted by Crippen LogP contribution is 2.25. The van der Waals surface area contributed by atoms with Crippen LogP contribution in [0.15, 0.2) is 53.0 Å². The number of amides is 2. The van der Waals surface area contributed by atoms with E-state index in [2.05, 4.69) is 32.1 Å². The second kappa shape index (κ2) is 11.9. The third kappa shape index (κ3) is 8.22. The van der Waals surface area contributed by atoms with Gasteiger partial charge >= 0.3 is 0 Å². The summed E-state index contributed by atoms with van der Waals surface area (Å²) < 4.78 is 11.5. The van der Waals surface area contributed by atoms with Crippen molar-refractivity contribution in [1.82, 2.24) is 16.2 Å². The molecule has 2 aromatic rings. The molecule has 0 saturated carbocycles. The predicted octanol–water partition coefficient (Wildman–Crippen LogP) is 3.27. The first-order valence-electron chi connectivity index (χ1n) is 9.07. The van der Waals surface area contributed by atoms with E-state index in [4.69, 9.17) is 21.7 Å². The van der Waals surface area contributed by atoms with Crippen molar-refractivity contribution in [3.05, 3.63) is 64.1 Å². The van der Waals surface area contributed by atoms with Crippen LogP contribution >= 0.6 is 28.1 Å². The number of ether oxygens (including phenoxy) is 2. The molecule has 2 aromatic carbocycles. The molecule has 0 bridgehead atoms. The van der Waals surface area contributed by atoms with Gasteiger partial charge in [0.15, 0.2) is 11.7 Å². The van der Waals surface area contributed by atoms with Crippen LogP contribution in [0, 0.1) is 6.92 Å². The first-order valence-corrected chi connectivity index (χ1v) is 10.3. The van der Waals surface area contributed by atoms with Gasteiger partial charge < -0.3 is 9.47 Å². The van der Waals surface area contributed by atoms with Crippen molar-refractivity contribution in [2.45, 2.75) is 13.8 Å². The summed E-state index contributed by atoms with van der Waals surface area (Å²) in [5.41, 5.74) is 6.71. The molecule has 7 nitrogen and oxygen atoms in total. The van der Waals surface area contributed by atoms with Crippen molar-refractivity contribution in [3.63, 3.8) is 0 Å². The Hall–Kier alpha value is -2.91. The number of carbonyl (C=O) groups is 2. The Morgan fingerprint density at radius 2 is 1.83 bits per heavy atom. The summed E-state index contributed by atoms with van der Waals surface area (Å²) in [6, 6.07) is 12.8. The van der Waals surface area contributed by atoms with Gasteiger partial charge in [-0.25, -0.2) is 0 Å². The molecular weight excluding hydrogens is 470 g/mol. The van der Waals surface area contributed by atoms with Gasteiger partial charge in [-0.1, -0.05) is 18.2 Å². The highest BCUT2D eigenvalue weighted by molar-refractivity contribution is 9.10. The van der Waals surface area contributed by atoms with E-state index in [0.29, 0.717) is 12.4 Å². The normalized spacial score (nSPS) is 10.4. The SMILES string of the molecule is CCOc1ccc(/C=C/C(=O)NC(=S)NNC(=O)COc2ccc(C)cc2Br)cc1. The number of aryl methyl sites for hydroxylation is 1. The molecule has 0 aliphatic heterocycles. The fourth-order valence-electron chi connectivity index (χ4n) is 2.23. The van der Waals surface area contributed by atoms with E-state index in [1.54, 1.807) is 12.1 Å². The lowest BCUT2D eigenvalue weighted by molar-refractivity contribution is -0.123. The molecule has 0 aliphatic carbocycles. The maximum Gasteiger partial charge on any atom is 0.276 e. The Morgan fingerprint density at radius 3 is 2.50 bits per heavy atom. The van der Waals surface area contributed by atoms with Crippen molar-refractivity contribution < 1.29 is 19.1 Å². The van der Waals surface area contributed by atoms with Gasteiger partial charge in [-0.05, 0) is 83.5 Å². The Balaban J connectivity index is 1.71. The maximum absolute atomic E-state index is 11.9. The molecule has 158 valence electrons. The number of rotatable bonds is 7. The van der Waals surface area contributed by atoms with Crippen molar-refractivity contribution in [2.24, 2.45) is 0 Å². The molecular formula is C21H22BrN3O4S. The molecule has 0 unspecified atom stereocenters. The quantitative estimate of drug-likeness (QED) is 0.313. The number of hydrogen-bond acceptors (Lipinski definition) is 5. The predicted molar refractivity (Wildman–Crippen MR) is 123 cm³/mol. The standard InChI is InChI=1S/C21H22BrN3O4S/c1-3-28-16-8-5-15(6-9-16)7-11-19(26)23-21(30)25-24-20(27)13-29-18-10-4-14(2)12-17(18)22/h4-12H,3,13H2,1-2H3,(H,24,27)(H2,23,25,26,30)/b11-7+. The van der Waals surface area contributed by atoms with Crippen molar-refractivity contribution in [2.75, 3.05) is 13.2 Å². The maximum atomic E-state index is 11.9. The smallest absolute Gasteiger partial charge is 0.276 e. The fraction of sp³-hybridized carbons (Fsp3) is 0.190. The second-order valence-corrected chi connectivity index (χ2v) is 7.31. The zero-order chi connectivity index (χ0) is 21.9. The number of nitrogens with one attached hydrogen (secondary N) is 3. The van der Waals surface area contributed by atoms with Crippen LogP contribution in [0.3, 0.4) is 0 Å². The Kier molecular flexibility index (Phi) is 9.30. The molecule has 2 amide bonds. The Labute approximate surface area is 188 Å². The third-order valence-electron chi connectivity index (χ3n) is 3.62. The van der Waals surface area contributed by atoms with Crippen LogP contribution in [0.2, 0.25) is 0 Å². The van der Waals surface area contributed by atoms with E-state index in [1.807, 2.05) is 50.2 Å². The Morgan fingerprint density at radius 1 is 1.10 bits per heavy atom. The number of carbonyl (C=O) groups excluding carboxylic acids is 2. The van der Waals surface area contributed by atoms with Gasteiger partial charge in [0.2, 0.25) is 5.91 Å². The highest BCUT2D eigenvalue weighted by atomic mass is 79.9. The monoisotopic (exact) mass is 491 g/mol. The largest absolute Gasteiger partial charge is 0.494 e. The summed E-state index contributed by atoms with van der Waals surface area (Å²) in [6.07, 6.45) is 2.98.